The zero-order valence-corrected chi connectivity index (χ0v) is 10.0. The van der Waals surface area contributed by atoms with Crippen molar-refractivity contribution in [3.63, 3.8) is 0 Å². The molecule has 2 fully saturated rings. The van der Waals surface area contributed by atoms with E-state index in [1.165, 1.54) is 11.5 Å². The second-order valence-electron chi connectivity index (χ2n) is 4.15. The van der Waals surface area contributed by atoms with Crippen molar-refractivity contribution in [2.24, 2.45) is 0 Å². The van der Waals surface area contributed by atoms with Gasteiger partial charge in [-0.25, -0.2) is 4.98 Å². The number of hydrogen-bond donors (Lipinski definition) is 1. The minimum atomic E-state index is -0.808. The van der Waals surface area contributed by atoms with Gasteiger partial charge in [-0.15, -0.1) is 0 Å². The molecular formula is C10H13N3O3S. The summed E-state index contributed by atoms with van der Waals surface area (Å²) < 4.78 is 14.6. The molecule has 0 spiro atoms. The third-order valence-corrected chi connectivity index (χ3v) is 3.30. The number of ether oxygens (including phenoxy) is 2. The first kappa shape index (κ1) is 11.1. The van der Waals surface area contributed by atoms with Gasteiger partial charge in [-0.2, -0.15) is 4.37 Å². The molecule has 17 heavy (non-hydrogen) atoms. The predicted molar refractivity (Wildman–Crippen MR) is 60.8 cm³/mol. The average Bonchev–Trinajstić information content (AvgIpc) is 3.12. The van der Waals surface area contributed by atoms with Gasteiger partial charge in [0.05, 0.1) is 13.2 Å². The van der Waals surface area contributed by atoms with Gasteiger partial charge in [-0.1, -0.05) is 0 Å². The maximum absolute atomic E-state index is 11.7. The molecule has 0 radical (unpaired) electrons. The summed E-state index contributed by atoms with van der Waals surface area (Å²) in [5.74, 6) is 1.04. The van der Waals surface area contributed by atoms with Gasteiger partial charge in [0, 0.05) is 17.5 Å². The number of hydrogen-bond acceptors (Lipinski definition) is 6. The van der Waals surface area contributed by atoms with Gasteiger partial charge in [-0.05, 0) is 19.3 Å². The lowest BCUT2D eigenvalue weighted by atomic mass is 10.4. The Morgan fingerprint density at radius 3 is 2.82 bits per heavy atom. The van der Waals surface area contributed by atoms with Gasteiger partial charge in [0.15, 0.2) is 0 Å². The lowest BCUT2D eigenvalue weighted by molar-refractivity contribution is -0.185. The number of nitrogens with one attached hydrogen (secondary N) is 1. The molecule has 0 aromatic carbocycles. The number of anilines is 1. The molecule has 2 aliphatic rings. The molecule has 1 aromatic heterocycles. The fraction of sp³-hybridized carbons (Fsp3) is 0.700. The third-order valence-electron chi connectivity index (χ3n) is 2.66. The lowest BCUT2D eigenvalue weighted by Crippen LogP contribution is -2.36. The summed E-state index contributed by atoms with van der Waals surface area (Å²) in [7, 11) is 0. The van der Waals surface area contributed by atoms with Crippen molar-refractivity contribution in [3.8, 4) is 0 Å². The van der Waals surface area contributed by atoms with Crippen LogP contribution in [-0.4, -0.2) is 34.8 Å². The van der Waals surface area contributed by atoms with Gasteiger partial charge >= 0.3 is 0 Å². The number of aromatic nitrogens is 2. The van der Waals surface area contributed by atoms with E-state index in [4.69, 9.17) is 9.47 Å². The van der Waals surface area contributed by atoms with E-state index in [2.05, 4.69) is 14.7 Å². The second kappa shape index (κ2) is 4.67. The molecule has 0 unspecified atom stereocenters. The van der Waals surface area contributed by atoms with Gasteiger partial charge in [-0.3, -0.25) is 10.1 Å². The molecule has 1 aromatic rings. The van der Waals surface area contributed by atoms with E-state index in [1.807, 2.05) is 0 Å². The largest absolute Gasteiger partial charge is 0.344 e. The van der Waals surface area contributed by atoms with Crippen LogP contribution in [0.1, 0.15) is 31.0 Å². The molecule has 0 atom stereocenters. The first-order valence-corrected chi connectivity index (χ1v) is 6.48. The molecule has 6 nitrogen and oxygen atoms in total. The normalized spacial score (nSPS) is 21.4. The SMILES string of the molecule is O=C(Nc1nc(C2CC2)ns1)C1OCCCO1. The van der Waals surface area contributed by atoms with Crippen LogP contribution in [0.2, 0.25) is 0 Å². The fourth-order valence-corrected chi connectivity index (χ4v) is 2.25. The number of amides is 1. The molecule has 1 aliphatic carbocycles. The summed E-state index contributed by atoms with van der Waals surface area (Å²) in [5, 5.41) is 3.19. The molecule has 1 saturated carbocycles. The van der Waals surface area contributed by atoms with Crippen LogP contribution in [-0.2, 0) is 14.3 Å². The Kier molecular flexibility index (Phi) is 3.04. The molecule has 1 amide bonds. The maximum atomic E-state index is 11.7. The Morgan fingerprint density at radius 2 is 2.12 bits per heavy atom. The van der Waals surface area contributed by atoms with E-state index in [9.17, 15) is 4.79 Å². The minimum Gasteiger partial charge on any atom is -0.344 e. The van der Waals surface area contributed by atoms with Gasteiger partial charge in [0.25, 0.3) is 5.91 Å². The van der Waals surface area contributed by atoms with Crippen LogP contribution in [0.5, 0.6) is 0 Å². The summed E-state index contributed by atoms with van der Waals surface area (Å²) in [5.41, 5.74) is 0. The first-order valence-electron chi connectivity index (χ1n) is 5.70. The van der Waals surface area contributed by atoms with Crippen LogP contribution in [0.3, 0.4) is 0 Å². The molecule has 1 N–H and O–H groups in total. The van der Waals surface area contributed by atoms with Crippen molar-refractivity contribution in [2.75, 3.05) is 18.5 Å². The van der Waals surface area contributed by atoms with Crippen LogP contribution in [0.15, 0.2) is 0 Å². The predicted octanol–water partition coefficient (Wildman–Crippen LogP) is 1.12. The van der Waals surface area contributed by atoms with E-state index in [0.717, 1.165) is 25.1 Å². The molecule has 1 aliphatic heterocycles. The highest BCUT2D eigenvalue weighted by atomic mass is 32.1. The quantitative estimate of drug-likeness (QED) is 0.876. The number of rotatable bonds is 3. The topological polar surface area (TPSA) is 73.3 Å². The van der Waals surface area contributed by atoms with Crippen molar-refractivity contribution >= 4 is 22.6 Å². The summed E-state index contributed by atoms with van der Waals surface area (Å²) >= 11 is 1.21. The molecular weight excluding hydrogens is 242 g/mol. The molecule has 92 valence electrons. The van der Waals surface area contributed by atoms with E-state index >= 15 is 0 Å². The summed E-state index contributed by atoms with van der Waals surface area (Å²) in [4.78, 5) is 16.0. The zero-order chi connectivity index (χ0) is 11.7. The van der Waals surface area contributed by atoms with E-state index in [1.54, 1.807) is 0 Å². The van der Waals surface area contributed by atoms with Crippen LogP contribution in [0, 0.1) is 0 Å². The zero-order valence-electron chi connectivity index (χ0n) is 9.22. The standard InChI is InChI=1S/C10H13N3O3S/c14-8(9-15-4-1-5-16-9)12-10-11-7(13-17-10)6-2-3-6/h6,9H,1-5H2,(H,11,12,13,14). The van der Waals surface area contributed by atoms with E-state index < -0.39 is 6.29 Å². The lowest BCUT2D eigenvalue weighted by Gasteiger charge is -2.21. The fourth-order valence-electron chi connectivity index (χ4n) is 1.60. The Morgan fingerprint density at radius 1 is 1.35 bits per heavy atom. The number of nitrogens with zero attached hydrogens (tertiary/aromatic N) is 2. The van der Waals surface area contributed by atoms with Gasteiger partial charge in [0.2, 0.25) is 11.4 Å². The number of carbonyl (C=O) groups excluding carboxylic acids is 1. The number of carbonyl (C=O) groups is 1. The summed E-state index contributed by atoms with van der Waals surface area (Å²) in [6, 6.07) is 0. The van der Waals surface area contributed by atoms with Crippen molar-refractivity contribution in [2.45, 2.75) is 31.5 Å². The Hall–Kier alpha value is -1.05. The van der Waals surface area contributed by atoms with Crippen LogP contribution in [0.25, 0.3) is 0 Å². The van der Waals surface area contributed by atoms with Crippen molar-refractivity contribution in [1.82, 2.24) is 9.36 Å². The highest BCUT2D eigenvalue weighted by Gasteiger charge is 2.29. The minimum absolute atomic E-state index is 0.303. The smallest absolute Gasteiger partial charge is 0.283 e. The molecule has 1 saturated heterocycles. The van der Waals surface area contributed by atoms with Crippen LogP contribution >= 0.6 is 11.5 Å². The monoisotopic (exact) mass is 255 g/mol. The highest BCUT2D eigenvalue weighted by Crippen LogP contribution is 2.39. The van der Waals surface area contributed by atoms with Gasteiger partial charge in [0.1, 0.15) is 5.82 Å². The third kappa shape index (κ3) is 2.62. The van der Waals surface area contributed by atoms with E-state index in [-0.39, 0.29) is 5.91 Å². The van der Waals surface area contributed by atoms with Gasteiger partial charge < -0.3 is 9.47 Å². The van der Waals surface area contributed by atoms with Crippen LogP contribution in [0.4, 0.5) is 5.13 Å². The Bertz CT molecular complexity index is 413. The Labute approximate surface area is 102 Å². The summed E-state index contributed by atoms with van der Waals surface area (Å²) in [6.07, 6.45) is 2.32. The van der Waals surface area contributed by atoms with Crippen LogP contribution < -0.4 is 5.32 Å². The Balaban J connectivity index is 1.58. The highest BCUT2D eigenvalue weighted by molar-refractivity contribution is 7.09. The van der Waals surface area contributed by atoms with Crippen molar-refractivity contribution in [1.29, 1.82) is 0 Å². The van der Waals surface area contributed by atoms with Crippen molar-refractivity contribution in [3.05, 3.63) is 5.82 Å². The average molecular weight is 255 g/mol. The van der Waals surface area contributed by atoms with E-state index in [0.29, 0.717) is 24.3 Å². The summed E-state index contributed by atoms with van der Waals surface area (Å²) in [6.45, 7) is 1.11. The molecule has 7 heteroatoms. The maximum Gasteiger partial charge on any atom is 0.283 e. The second-order valence-corrected chi connectivity index (χ2v) is 4.90. The first-order chi connectivity index (χ1) is 8.33. The van der Waals surface area contributed by atoms with Crippen molar-refractivity contribution < 1.29 is 14.3 Å². The molecule has 3 rings (SSSR count). The molecule has 2 heterocycles. The molecule has 0 bridgehead atoms.